The van der Waals surface area contributed by atoms with Crippen molar-refractivity contribution in [2.45, 2.75) is 24.6 Å². The third-order valence-electron chi connectivity index (χ3n) is 4.67. The van der Waals surface area contributed by atoms with E-state index < -0.39 is 0 Å². The van der Waals surface area contributed by atoms with Gasteiger partial charge in [-0.05, 0) is 31.7 Å². The molecular weight excluding hydrogens is 495 g/mol. The summed E-state index contributed by atoms with van der Waals surface area (Å²) in [5.74, 6) is 0.817. The zero-order valence-corrected chi connectivity index (χ0v) is 20.5. The van der Waals surface area contributed by atoms with E-state index in [0.717, 1.165) is 55.9 Å². The van der Waals surface area contributed by atoms with Crippen LogP contribution in [0, 0.1) is 0 Å². The Morgan fingerprint density at radius 2 is 1.96 bits per heavy atom. The van der Waals surface area contributed by atoms with Crippen LogP contribution >= 0.6 is 47.3 Å². The van der Waals surface area contributed by atoms with Gasteiger partial charge in [-0.25, -0.2) is 0 Å². The van der Waals surface area contributed by atoms with Crippen molar-refractivity contribution in [2.24, 2.45) is 4.99 Å². The molecule has 0 spiro atoms. The monoisotopic (exact) mass is 526 g/mol. The Balaban J connectivity index is 0.00000364. The van der Waals surface area contributed by atoms with E-state index in [2.05, 4.69) is 46.7 Å². The van der Waals surface area contributed by atoms with Gasteiger partial charge in [0.15, 0.2) is 5.96 Å². The van der Waals surface area contributed by atoms with Crippen molar-refractivity contribution in [1.82, 2.24) is 15.5 Å². The zero-order chi connectivity index (χ0) is 19.0. The van der Waals surface area contributed by atoms with Crippen LogP contribution in [0.15, 0.2) is 29.3 Å². The molecule has 1 fully saturated rings. The average Bonchev–Trinajstić information content (AvgIpc) is 2.66. The van der Waals surface area contributed by atoms with Crippen LogP contribution in [-0.2, 0) is 4.74 Å². The Labute approximate surface area is 190 Å². The second-order valence-electron chi connectivity index (χ2n) is 6.96. The van der Waals surface area contributed by atoms with E-state index in [1.807, 2.05) is 30.0 Å². The molecule has 154 valence electrons. The summed E-state index contributed by atoms with van der Waals surface area (Å²) in [6, 6.07) is 8.26. The van der Waals surface area contributed by atoms with Gasteiger partial charge in [-0.15, -0.1) is 24.0 Å². The van der Waals surface area contributed by atoms with Crippen LogP contribution in [-0.4, -0.2) is 68.3 Å². The Kier molecular flexibility index (Phi) is 11.4. The van der Waals surface area contributed by atoms with Gasteiger partial charge in [0.1, 0.15) is 0 Å². The fraction of sp³-hybridized carbons (Fsp3) is 0.632. The highest BCUT2D eigenvalue weighted by Crippen LogP contribution is 2.27. The van der Waals surface area contributed by atoms with Crippen LogP contribution in [0.1, 0.15) is 25.5 Å². The van der Waals surface area contributed by atoms with Gasteiger partial charge in [0.2, 0.25) is 0 Å². The van der Waals surface area contributed by atoms with Crippen LogP contribution in [0.3, 0.4) is 0 Å². The molecule has 1 saturated heterocycles. The number of nitrogens with one attached hydrogen (secondary N) is 2. The standard InChI is InChI=1S/C19H31ClN4OS.HI/c1-19(2,26-4)14-23-18(21-3)22-13-17(24-9-11-25-12-10-24)15-7-5-6-8-16(15)20;/h5-8,17H,9-14H2,1-4H3,(H2,21,22,23);1H. The minimum absolute atomic E-state index is 0. The van der Waals surface area contributed by atoms with Crippen molar-refractivity contribution >= 4 is 53.3 Å². The average molecular weight is 527 g/mol. The topological polar surface area (TPSA) is 48.9 Å². The summed E-state index contributed by atoms with van der Waals surface area (Å²) in [5, 5.41) is 7.71. The number of guanidine groups is 1. The van der Waals surface area contributed by atoms with E-state index in [1.54, 1.807) is 7.05 Å². The molecule has 1 heterocycles. The van der Waals surface area contributed by atoms with E-state index in [-0.39, 0.29) is 34.8 Å². The predicted molar refractivity (Wildman–Crippen MR) is 129 cm³/mol. The third-order valence-corrected chi connectivity index (χ3v) is 6.26. The molecule has 0 amide bonds. The van der Waals surface area contributed by atoms with Gasteiger partial charge >= 0.3 is 0 Å². The maximum Gasteiger partial charge on any atom is 0.191 e. The van der Waals surface area contributed by atoms with Gasteiger partial charge in [0.05, 0.1) is 19.3 Å². The second-order valence-corrected chi connectivity index (χ2v) is 8.88. The number of aliphatic imine (C=N–C) groups is 1. The molecule has 0 radical (unpaired) electrons. The van der Waals surface area contributed by atoms with E-state index in [1.165, 1.54) is 0 Å². The number of hydrogen-bond donors (Lipinski definition) is 2. The highest BCUT2D eigenvalue weighted by molar-refractivity contribution is 14.0. The Morgan fingerprint density at radius 3 is 2.56 bits per heavy atom. The second kappa shape index (κ2) is 12.4. The fourth-order valence-corrected chi connectivity index (χ4v) is 3.33. The largest absolute Gasteiger partial charge is 0.379 e. The van der Waals surface area contributed by atoms with Crippen molar-refractivity contribution < 1.29 is 4.74 Å². The number of rotatable bonds is 7. The van der Waals surface area contributed by atoms with Crippen molar-refractivity contribution in [3.05, 3.63) is 34.9 Å². The van der Waals surface area contributed by atoms with Crippen molar-refractivity contribution in [1.29, 1.82) is 0 Å². The predicted octanol–water partition coefficient (Wildman–Crippen LogP) is 3.64. The molecule has 1 aliphatic heterocycles. The number of halogens is 2. The van der Waals surface area contributed by atoms with Gasteiger partial charge in [-0.3, -0.25) is 9.89 Å². The minimum atomic E-state index is 0. The quantitative estimate of drug-likeness (QED) is 0.323. The summed E-state index contributed by atoms with van der Waals surface area (Å²) in [4.78, 5) is 6.79. The molecule has 0 saturated carbocycles. The smallest absolute Gasteiger partial charge is 0.191 e. The number of benzene rings is 1. The summed E-state index contributed by atoms with van der Waals surface area (Å²) >= 11 is 8.33. The van der Waals surface area contributed by atoms with Crippen molar-refractivity contribution in [3.63, 3.8) is 0 Å². The van der Waals surface area contributed by atoms with Crippen LogP contribution in [0.2, 0.25) is 5.02 Å². The SMILES string of the molecule is CN=C(NCC(c1ccccc1Cl)N1CCOCC1)NCC(C)(C)SC.I. The van der Waals surface area contributed by atoms with Crippen LogP contribution < -0.4 is 10.6 Å². The Bertz CT molecular complexity index is 597. The lowest BCUT2D eigenvalue weighted by atomic mass is 10.0. The van der Waals surface area contributed by atoms with Gasteiger partial charge in [-0.1, -0.05) is 29.8 Å². The molecule has 2 rings (SSSR count). The molecule has 1 atom stereocenters. The highest BCUT2D eigenvalue weighted by Gasteiger charge is 2.25. The molecule has 8 heteroatoms. The van der Waals surface area contributed by atoms with Crippen LogP contribution in [0.4, 0.5) is 0 Å². The van der Waals surface area contributed by atoms with Gasteiger partial charge in [-0.2, -0.15) is 11.8 Å². The van der Waals surface area contributed by atoms with Gasteiger partial charge < -0.3 is 15.4 Å². The Morgan fingerprint density at radius 1 is 1.30 bits per heavy atom. The van der Waals surface area contributed by atoms with Crippen molar-refractivity contribution in [3.8, 4) is 0 Å². The third kappa shape index (κ3) is 7.97. The first-order chi connectivity index (χ1) is 12.5. The Hall–Kier alpha value is -0.220. The fourth-order valence-electron chi connectivity index (χ4n) is 2.85. The lowest BCUT2D eigenvalue weighted by Crippen LogP contribution is -2.48. The molecule has 1 aliphatic rings. The van der Waals surface area contributed by atoms with Crippen molar-refractivity contribution in [2.75, 3.05) is 52.7 Å². The number of ether oxygens (including phenoxy) is 1. The van der Waals surface area contributed by atoms with E-state index >= 15 is 0 Å². The van der Waals surface area contributed by atoms with Crippen LogP contribution in [0.25, 0.3) is 0 Å². The first kappa shape index (κ1) is 24.8. The molecule has 0 aliphatic carbocycles. The zero-order valence-electron chi connectivity index (χ0n) is 16.6. The molecule has 1 aromatic rings. The lowest BCUT2D eigenvalue weighted by Gasteiger charge is -2.35. The molecule has 1 aromatic carbocycles. The maximum absolute atomic E-state index is 6.49. The lowest BCUT2D eigenvalue weighted by molar-refractivity contribution is 0.0170. The first-order valence-corrected chi connectivity index (χ1v) is 10.6. The summed E-state index contributed by atoms with van der Waals surface area (Å²) < 4.78 is 5.67. The van der Waals surface area contributed by atoms with Gasteiger partial charge in [0, 0.05) is 43.0 Å². The number of nitrogens with zero attached hydrogens (tertiary/aromatic N) is 2. The highest BCUT2D eigenvalue weighted by atomic mass is 127. The summed E-state index contributed by atoms with van der Waals surface area (Å²) in [7, 11) is 1.81. The molecule has 2 N–H and O–H groups in total. The molecule has 1 unspecified atom stereocenters. The first-order valence-electron chi connectivity index (χ1n) is 9.03. The number of thioether (sulfide) groups is 1. The van der Waals surface area contributed by atoms with Crippen LogP contribution in [0.5, 0.6) is 0 Å². The normalized spacial score (nSPS) is 17.1. The molecule has 0 aromatic heterocycles. The molecule has 27 heavy (non-hydrogen) atoms. The summed E-state index contributed by atoms with van der Waals surface area (Å²) in [5.41, 5.74) is 1.14. The molecule has 5 nitrogen and oxygen atoms in total. The van der Waals surface area contributed by atoms with E-state index in [4.69, 9.17) is 16.3 Å². The summed E-state index contributed by atoms with van der Waals surface area (Å²) in [6.45, 7) is 9.36. The molecular formula is C19H32ClIN4OS. The number of morpholine rings is 1. The van der Waals surface area contributed by atoms with E-state index in [0.29, 0.717) is 0 Å². The maximum atomic E-state index is 6.49. The summed E-state index contributed by atoms with van der Waals surface area (Å²) in [6.07, 6.45) is 2.13. The van der Waals surface area contributed by atoms with Gasteiger partial charge in [0.25, 0.3) is 0 Å². The molecule has 0 bridgehead atoms. The minimum Gasteiger partial charge on any atom is -0.379 e. The van der Waals surface area contributed by atoms with E-state index in [9.17, 15) is 0 Å². The number of hydrogen-bond acceptors (Lipinski definition) is 4.